The standard InChI is InChI=1S/C31H47NO12/c1-22(2)32-18-27(19-42-26-11-9-25(10-12-26)15-17-38-5)43-30(36)8-6-7-16-39-29(35)13-14-31(37)44-28(20-40-23(3)33)21-41-24(4)34/h9-12,22,27-28,32H,6-8,13-21H2,1-5H3. The first-order valence-electron chi connectivity index (χ1n) is 14.7. The lowest BCUT2D eigenvalue weighted by atomic mass is 10.1. The van der Waals surface area contributed by atoms with Gasteiger partial charge in [0.15, 0.2) is 6.10 Å². The zero-order valence-corrected chi connectivity index (χ0v) is 26.4. The van der Waals surface area contributed by atoms with Crippen LogP contribution in [0.1, 0.15) is 65.4 Å². The third kappa shape index (κ3) is 20.2. The molecular formula is C31H47NO12. The molecule has 1 aromatic carbocycles. The van der Waals surface area contributed by atoms with Gasteiger partial charge in [-0.2, -0.15) is 0 Å². The summed E-state index contributed by atoms with van der Waals surface area (Å²) in [5.74, 6) is -2.22. The van der Waals surface area contributed by atoms with Crippen LogP contribution in [0.2, 0.25) is 0 Å². The number of unbranched alkanes of at least 4 members (excludes halogenated alkanes) is 1. The molecule has 0 heterocycles. The van der Waals surface area contributed by atoms with Gasteiger partial charge in [0.1, 0.15) is 31.7 Å². The summed E-state index contributed by atoms with van der Waals surface area (Å²) in [5.41, 5.74) is 1.14. The van der Waals surface area contributed by atoms with Crippen LogP contribution in [0.3, 0.4) is 0 Å². The summed E-state index contributed by atoms with van der Waals surface area (Å²) in [4.78, 5) is 58.5. The third-order valence-electron chi connectivity index (χ3n) is 5.82. The molecule has 0 aromatic heterocycles. The Bertz CT molecular complexity index is 993. The van der Waals surface area contributed by atoms with Crippen LogP contribution in [0.5, 0.6) is 5.75 Å². The molecule has 13 nitrogen and oxygen atoms in total. The van der Waals surface area contributed by atoms with Crippen LogP contribution in [0, 0.1) is 0 Å². The summed E-state index contributed by atoms with van der Waals surface area (Å²) < 4.78 is 36.4. The summed E-state index contributed by atoms with van der Waals surface area (Å²) in [6.45, 7) is 7.14. The fourth-order valence-corrected chi connectivity index (χ4v) is 3.52. The molecular weight excluding hydrogens is 578 g/mol. The van der Waals surface area contributed by atoms with Gasteiger partial charge >= 0.3 is 29.8 Å². The third-order valence-corrected chi connectivity index (χ3v) is 5.82. The van der Waals surface area contributed by atoms with E-state index in [4.69, 9.17) is 33.2 Å². The lowest BCUT2D eigenvalue weighted by Gasteiger charge is -2.20. The molecule has 248 valence electrons. The van der Waals surface area contributed by atoms with Crippen molar-refractivity contribution in [2.75, 3.05) is 46.7 Å². The van der Waals surface area contributed by atoms with E-state index in [1.165, 1.54) is 13.8 Å². The second-order valence-corrected chi connectivity index (χ2v) is 10.3. The zero-order valence-electron chi connectivity index (χ0n) is 26.4. The molecule has 0 saturated carbocycles. The number of hydrogen-bond acceptors (Lipinski definition) is 13. The van der Waals surface area contributed by atoms with Gasteiger partial charge in [-0.3, -0.25) is 24.0 Å². The van der Waals surface area contributed by atoms with Gasteiger partial charge in [0.2, 0.25) is 0 Å². The van der Waals surface area contributed by atoms with Crippen LogP contribution in [0.25, 0.3) is 0 Å². The Morgan fingerprint density at radius 3 is 1.89 bits per heavy atom. The van der Waals surface area contributed by atoms with Gasteiger partial charge in [-0.05, 0) is 37.0 Å². The molecule has 0 bridgehead atoms. The Morgan fingerprint density at radius 2 is 1.30 bits per heavy atom. The van der Waals surface area contributed by atoms with E-state index in [-0.39, 0.29) is 57.7 Å². The highest BCUT2D eigenvalue weighted by atomic mass is 16.6. The second-order valence-electron chi connectivity index (χ2n) is 10.3. The van der Waals surface area contributed by atoms with E-state index in [1.807, 2.05) is 38.1 Å². The van der Waals surface area contributed by atoms with Gasteiger partial charge in [-0.15, -0.1) is 0 Å². The second kappa shape index (κ2) is 22.8. The number of carbonyl (C=O) groups excluding carboxylic acids is 5. The average molecular weight is 626 g/mol. The largest absolute Gasteiger partial charge is 0.490 e. The maximum absolute atomic E-state index is 12.5. The van der Waals surface area contributed by atoms with E-state index in [1.54, 1.807) is 7.11 Å². The van der Waals surface area contributed by atoms with E-state index in [0.717, 1.165) is 12.0 Å². The van der Waals surface area contributed by atoms with Crippen molar-refractivity contribution in [2.24, 2.45) is 0 Å². The Balaban J connectivity index is 2.34. The molecule has 1 atom stereocenters. The lowest BCUT2D eigenvalue weighted by Crippen LogP contribution is -2.38. The molecule has 13 heteroatoms. The predicted molar refractivity (Wildman–Crippen MR) is 158 cm³/mol. The smallest absolute Gasteiger partial charge is 0.306 e. The lowest BCUT2D eigenvalue weighted by molar-refractivity contribution is -0.166. The van der Waals surface area contributed by atoms with Crippen molar-refractivity contribution in [2.45, 2.75) is 84.5 Å². The number of carbonyl (C=O) groups is 5. The molecule has 0 amide bonds. The van der Waals surface area contributed by atoms with E-state index < -0.39 is 36.1 Å². The normalized spacial score (nSPS) is 11.5. The fraction of sp³-hybridized carbons (Fsp3) is 0.645. The van der Waals surface area contributed by atoms with Crippen molar-refractivity contribution >= 4 is 29.8 Å². The molecule has 0 fully saturated rings. The monoisotopic (exact) mass is 625 g/mol. The summed E-state index contributed by atoms with van der Waals surface area (Å²) in [6.07, 6.45) is -0.154. The molecule has 0 aliphatic rings. The summed E-state index contributed by atoms with van der Waals surface area (Å²) in [7, 11) is 1.66. The minimum absolute atomic E-state index is 0.0739. The molecule has 1 rings (SSSR count). The number of benzene rings is 1. The average Bonchev–Trinajstić information content (AvgIpc) is 2.97. The number of esters is 5. The van der Waals surface area contributed by atoms with E-state index in [9.17, 15) is 24.0 Å². The highest BCUT2D eigenvalue weighted by molar-refractivity contribution is 5.77. The first-order chi connectivity index (χ1) is 21.0. The Hall–Kier alpha value is -3.71. The fourth-order valence-electron chi connectivity index (χ4n) is 3.52. The zero-order chi connectivity index (χ0) is 32.7. The Kier molecular flexibility index (Phi) is 19.8. The van der Waals surface area contributed by atoms with Gasteiger partial charge in [-0.1, -0.05) is 26.0 Å². The van der Waals surface area contributed by atoms with Gasteiger partial charge in [0.25, 0.3) is 0 Å². The maximum atomic E-state index is 12.5. The maximum Gasteiger partial charge on any atom is 0.306 e. The topological polar surface area (TPSA) is 162 Å². The van der Waals surface area contributed by atoms with Crippen LogP contribution in [0.15, 0.2) is 24.3 Å². The number of rotatable bonds is 23. The van der Waals surface area contributed by atoms with Crippen molar-refractivity contribution < 1.29 is 57.1 Å². The van der Waals surface area contributed by atoms with Crippen molar-refractivity contribution in [3.63, 3.8) is 0 Å². The molecule has 0 radical (unpaired) electrons. The van der Waals surface area contributed by atoms with Crippen molar-refractivity contribution in [3.05, 3.63) is 29.8 Å². The molecule has 0 spiro atoms. The summed E-state index contributed by atoms with van der Waals surface area (Å²) >= 11 is 0. The molecule has 1 aromatic rings. The summed E-state index contributed by atoms with van der Waals surface area (Å²) in [6, 6.07) is 7.89. The number of hydrogen-bond donors (Lipinski definition) is 1. The van der Waals surface area contributed by atoms with E-state index in [0.29, 0.717) is 31.7 Å². The summed E-state index contributed by atoms with van der Waals surface area (Å²) in [5, 5.41) is 3.26. The SMILES string of the molecule is COCCc1ccc(OCC(CNC(C)C)OC(=O)CCCCOC(=O)CCC(=O)OC(COC(C)=O)COC(C)=O)cc1. The molecule has 44 heavy (non-hydrogen) atoms. The minimum atomic E-state index is -0.990. The first kappa shape index (κ1) is 38.3. The van der Waals surface area contributed by atoms with E-state index in [2.05, 4.69) is 5.32 Å². The number of methoxy groups -OCH3 is 1. The minimum Gasteiger partial charge on any atom is -0.490 e. The van der Waals surface area contributed by atoms with Crippen LogP contribution in [-0.2, 0) is 58.8 Å². The first-order valence-corrected chi connectivity index (χ1v) is 14.7. The van der Waals surface area contributed by atoms with Crippen molar-refractivity contribution in [3.8, 4) is 5.75 Å². The van der Waals surface area contributed by atoms with Gasteiger partial charge in [-0.25, -0.2) is 0 Å². The molecule has 0 aliphatic carbocycles. The van der Waals surface area contributed by atoms with Crippen molar-refractivity contribution in [1.29, 1.82) is 0 Å². The Morgan fingerprint density at radius 1 is 0.705 bits per heavy atom. The predicted octanol–water partition coefficient (Wildman–Crippen LogP) is 2.70. The Labute approximate surface area is 259 Å². The quantitative estimate of drug-likeness (QED) is 0.107. The van der Waals surface area contributed by atoms with Crippen molar-refractivity contribution in [1.82, 2.24) is 5.32 Å². The molecule has 0 aliphatic heterocycles. The van der Waals surface area contributed by atoms with Crippen LogP contribution in [-0.4, -0.2) is 94.8 Å². The van der Waals surface area contributed by atoms with Crippen LogP contribution in [0.4, 0.5) is 0 Å². The molecule has 0 saturated heterocycles. The van der Waals surface area contributed by atoms with Gasteiger partial charge in [0, 0.05) is 40.0 Å². The molecule has 1 N–H and O–H groups in total. The molecule has 1 unspecified atom stereocenters. The highest BCUT2D eigenvalue weighted by Gasteiger charge is 2.19. The number of nitrogens with one attached hydrogen (secondary N) is 1. The van der Waals surface area contributed by atoms with E-state index >= 15 is 0 Å². The van der Waals surface area contributed by atoms with Crippen LogP contribution < -0.4 is 10.1 Å². The highest BCUT2D eigenvalue weighted by Crippen LogP contribution is 2.14. The number of ether oxygens (including phenoxy) is 7. The van der Waals surface area contributed by atoms with Gasteiger partial charge in [0.05, 0.1) is 26.1 Å². The van der Waals surface area contributed by atoms with Gasteiger partial charge < -0.3 is 38.5 Å². The van der Waals surface area contributed by atoms with Crippen LogP contribution >= 0.6 is 0 Å².